The van der Waals surface area contributed by atoms with Crippen LogP contribution in [0.15, 0.2) is 24.3 Å². The van der Waals surface area contributed by atoms with Crippen molar-refractivity contribution in [2.45, 2.75) is 19.0 Å². The fourth-order valence-electron chi connectivity index (χ4n) is 2.29. The lowest BCUT2D eigenvalue weighted by atomic mass is 10.1. The second kappa shape index (κ2) is 6.80. The van der Waals surface area contributed by atoms with Crippen molar-refractivity contribution in [3.63, 3.8) is 0 Å². The Bertz CT molecular complexity index is 380. The molecule has 18 heavy (non-hydrogen) atoms. The maximum Gasteiger partial charge on any atom is 0.0453 e. The van der Waals surface area contributed by atoms with E-state index in [1.54, 1.807) is 0 Å². The van der Waals surface area contributed by atoms with Crippen molar-refractivity contribution < 1.29 is 0 Å². The number of halogens is 1. The van der Waals surface area contributed by atoms with E-state index in [4.69, 9.17) is 11.6 Å². The number of thioether (sulfide) groups is 1. The van der Waals surface area contributed by atoms with E-state index in [0.29, 0.717) is 12.1 Å². The van der Waals surface area contributed by atoms with Crippen LogP contribution in [-0.4, -0.2) is 42.6 Å². The average molecular weight is 285 g/mol. The van der Waals surface area contributed by atoms with Gasteiger partial charge in [0.05, 0.1) is 0 Å². The minimum absolute atomic E-state index is 0.354. The van der Waals surface area contributed by atoms with Crippen molar-refractivity contribution in [2.24, 2.45) is 0 Å². The van der Waals surface area contributed by atoms with Gasteiger partial charge in [0.2, 0.25) is 0 Å². The van der Waals surface area contributed by atoms with Gasteiger partial charge in [0.15, 0.2) is 0 Å². The van der Waals surface area contributed by atoms with Gasteiger partial charge in [0.1, 0.15) is 0 Å². The van der Waals surface area contributed by atoms with Crippen molar-refractivity contribution in [2.75, 3.05) is 31.6 Å². The molecule has 100 valence electrons. The van der Waals surface area contributed by atoms with Crippen molar-refractivity contribution in [3.8, 4) is 0 Å². The van der Waals surface area contributed by atoms with Crippen LogP contribution in [0.3, 0.4) is 0 Å². The molecule has 0 radical (unpaired) electrons. The van der Waals surface area contributed by atoms with Gasteiger partial charge in [-0.2, -0.15) is 11.8 Å². The maximum atomic E-state index is 6.26. The molecule has 1 aliphatic rings. The molecule has 1 saturated heterocycles. The molecular weight excluding hydrogens is 264 g/mol. The van der Waals surface area contributed by atoms with Crippen LogP contribution in [0.5, 0.6) is 0 Å². The normalized spacial score (nSPS) is 22.1. The summed E-state index contributed by atoms with van der Waals surface area (Å²) in [5.41, 5.74) is 1.21. The Hall–Kier alpha value is -0.220. The third kappa shape index (κ3) is 3.64. The van der Waals surface area contributed by atoms with Crippen molar-refractivity contribution in [1.29, 1.82) is 0 Å². The van der Waals surface area contributed by atoms with Gasteiger partial charge in [0.25, 0.3) is 0 Å². The summed E-state index contributed by atoms with van der Waals surface area (Å²) < 4.78 is 0. The number of likely N-dealkylation sites (N-methyl/N-ethyl adjacent to an activating group) is 1. The van der Waals surface area contributed by atoms with Gasteiger partial charge in [-0.15, -0.1) is 0 Å². The smallest absolute Gasteiger partial charge is 0.0453 e. The SMILES string of the molecule is CC(c1ccccc1Cl)N(C)CC1CSCCN1. The Morgan fingerprint density at radius 1 is 1.50 bits per heavy atom. The predicted octanol–water partition coefficient (Wildman–Crippen LogP) is 3.04. The highest BCUT2D eigenvalue weighted by atomic mass is 35.5. The highest BCUT2D eigenvalue weighted by molar-refractivity contribution is 7.99. The first kappa shape index (κ1) is 14.2. The van der Waals surface area contributed by atoms with Gasteiger partial charge in [0, 0.05) is 41.7 Å². The maximum absolute atomic E-state index is 6.26. The van der Waals surface area contributed by atoms with Crippen LogP contribution in [0.4, 0.5) is 0 Å². The molecule has 2 nitrogen and oxygen atoms in total. The Kier molecular flexibility index (Phi) is 5.37. The zero-order valence-electron chi connectivity index (χ0n) is 11.0. The molecule has 1 aromatic carbocycles. The summed E-state index contributed by atoms with van der Waals surface area (Å²) in [6.07, 6.45) is 0. The number of rotatable bonds is 4. The summed E-state index contributed by atoms with van der Waals surface area (Å²) in [5, 5.41) is 4.44. The molecule has 2 atom stereocenters. The molecule has 0 bridgehead atoms. The Morgan fingerprint density at radius 2 is 2.28 bits per heavy atom. The van der Waals surface area contributed by atoms with E-state index in [1.165, 1.54) is 17.1 Å². The van der Waals surface area contributed by atoms with Gasteiger partial charge < -0.3 is 5.32 Å². The molecule has 2 rings (SSSR count). The third-order valence-corrected chi connectivity index (χ3v) is 5.00. The molecule has 4 heteroatoms. The summed E-state index contributed by atoms with van der Waals surface area (Å²) in [4.78, 5) is 2.38. The zero-order valence-corrected chi connectivity index (χ0v) is 12.6. The number of hydrogen-bond acceptors (Lipinski definition) is 3. The zero-order chi connectivity index (χ0) is 13.0. The van der Waals surface area contributed by atoms with E-state index in [-0.39, 0.29) is 0 Å². The number of hydrogen-bond donors (Lipinski definition) is 1. The molecule has 0 aromatic heterocycles. The summed E-state index contributed by atoms with van der Waals surface area (Å²) in [6.45, 7) is 4.42. The monoisotopic (exact) mass is 284 g/mol. The predicted molar refractivity (Wildman–Crippen MR) is 81.6 cm³/mol. The second-order valence-electron chi connectivity index (χ2n) is 4.86. The van der Waals surface area contributed by atoms with Gasteiger partial charge in [-0.3, -0.25) is 4.90 Å². The quantitative estimate of drug-likeness (QED) is 0.915. The van der Waals surface area contributed by atoms with Crippen LogP contribution in [-0.2, 0) is 0 Å². The number of nitrogens with one attached hydrogen (secondary N) is 1. The second-order valence-corrected chi connectivity index (χ2v) is 6.42. The average Bonchev–Trinajstić information content (AvgIpc) is 2.39. The lowest BCUT2D eigenvalue weighted by molar-refractivity contribution is 0.238. The lowest BCUT2D eigenvalue weighted by Crippen LogP contribution is -2.45. The van der Waals surface area contributed by atoms with Crippen molar-refractivity contribution in [3.05, 3.63) is 34.9 Å². The lowest BCUT2D eigenvalue weighted by Gasteiger charge is -2.32. The summed E-state index contributed by atoms with van der Waals surface area (Å²) >= 11 is 8.30. The fourth-order valence-corrected chi connectivity index (χ4v) is 3.52. The molecule has 1 aromatic rings. The van der Waals surface area contributed by atoms with E-state index in [1.807, 2.05) is 23.9 Å². The summed E-state index contributed by atoms with van der Waals surface area (Å²) in [6, 6.07) is 9.08. The summed E-state index contributed by atoms with van der Waals surface area (Å²) in [7, 11) is 2.18. The van der Waals surface area contributed by atoms with Crippen molar-refractivity contribution in [1.82, 2.24) is 10.2 Å². The van der Waals surface area contributed by atoms with Crippen LogP contribution in [0.2, 0.25) is 5.02 Å². The standard InChI is InChI=1S/C14H21ClN2S/c1-11(13-5-3-4-6-14(13)15)17(2)9-12-10-18-8-7-16-12/h3-6,11-12,16H,7-10H2,1-2H3. The highest BCUT2D eigenvalue weighted by Gasteiger charge is 2.19. The van der Waals surface area contributed by atoms with Gasteiger partial charge in [-0.05, 0) is 25.6 Å². The molecular formula is C14H21ClN2S. The van der Waals surface area contributed by atoms with Gasteiger partial charge >= 0.3 is 0 Å². The topological polar surface area (TPSA) is 15.3 Å². The Morgan fingerprint density at radius 3 is 2.94 bits per heavy atom. The van der Waals surface area contributed by atoms with Crippen molar-refractivity contribution >= 4 is 23.4 Å². The van der Waals surface area contributed by atoms with Gasteiger partial charge in [-0.25, -0.2) is 0 Å². The molecule has 2 unspecified atom stereocenters. The van der Waals surface area contributed by atoms with Crippen LogP contribution < -0.4 is 5.32 Å². The summed E-state index contributed by atoms with van der Waals surface area (Å²) in [5.74, 6) is 2.44. The Balaban J connectivity index is 1.95. The first-order valence-corrected chi connectivity index (χ1v) is 7.97. The fraction of sp³-hybridized carbons (Fsp3) is 0.571. The minimum Gasteiger partial charge on any atom is -0.311 e. The van der Waals surface area contributed by atoms with E-state index in [2.05, 4.69) is 36.3 Å². The largest absolute Gasteiger partial charge is 0.311 e. The first-order chi connectivity index (χ1) is 8.68. The highest BCUT2D eigenvalue weighted by Crippen LogP contribution is 2.26. The molecule has 1 heterocycles. The third-order valence-electron chi connectivity index (χ3n) is 3.52. The molecule has 0 saturated carbocycles. The van der Waals surface area contributed by atoms with E-state index in [0.717, 1.165) is 18.1 Å². The molecule has 0 spiro atoms. The molecule has 1 N–H and O–H groups in total. The van der Waals surface area contributed by atoms with Crippen LogP contribution in [0.25, 0.3) is 0 Å². The van der Waals surface area contributed by atoms with Gasteiger partial charge in [-0.1, -0.05) is 29.8 Å². The van der Waals surface area contributed by atoms with E-state index >= 15 is 0 Å². The molecule has 0 amide bonds. The minimum atomic E-state index is 0.354. The molecule has 0 aliphatic carbocycles. The molecule has 1 aliphatic heterocycles. The van der Waals surface area contributed by atoms with E-state index in [9.17, 15) is 0 Å². The Labute approximate surface area is 119 Å². The van der Waals surface area contributed by atoms with Crippen LogP contribution >= 0.6 is 23.4 Å². The van der Waals surface area contributed by atoms with E-state index < -0.39 is 0 Å². The molecule has 1 fully saturated rings. The van der Waals surface area contributed by atoms with Crippen LogP contribution in [0.1, 0.15) is 18.5 Å². The number of benzene rings is 1. The first-order valence-electron chi connectivity index (χ1n) is 6.44. The van der Waals surface area contributed by atoms with Crippen LogP contribution in [0, 0.1) is 0 Å². The number of nitrogens with zero attached hydrogens (tertiary/aromatic N) is 1.